The summed E-state index contributed by atoms with van der Waals surface area (Å²) in [5, 5.41) is 12.3. The van der Waals surface area contributed by atoms with Crippen LogP contribution in [-0.2, 0) is 0 Å². The van der Waals surface area contributed by atoms with Crippen LogP contribution in [0, 0.1) is 18.3 Å². The molecule has 100 valence electrons. The standard InChI is InChI=1S/C15H10BrClN2O/c1-9-4-11(6-13(17)5-9)15(20)19-14-7-12(16)3-2-10(14)8-18/h2-7H,1H3,(H,19,20). The van der Waals surface area contributed by atoms with Crippen molar-refractivity contribution in [3.63, 3.8) is 0 Å². The molecule has 2 rings (SSSR count). The zero-order chi connectivity index (χ0) is 14.7. The SMILES string of the molecule is Cc1cc(Cl)cc(C(=O)Nc2cc(Br)ccc2C#N)c1. The molecular formula is C15H10BrClN2O. The fourth-order valence-corrected chi connectivity index (χ4v) is 2.43. The lowest BCUT2D eigenvalue weighted by molar-refractivity contribution is 0.102. The number of rotatable bonds is 2. The third-order valence-electron chi connectivity index (χ3n) is 2.65. The second-order valence-corrected chi connectivity index (χ2v) is 5.63. The molecule has 2 aromatic carbocycles. The first-order valence-corrected chi connectivity index (χ1v) is 6.95. The Balaban J connectivity index is 2.32. The number of nitrogens with one attached hydrogen (secondary N) is 1. The van der Waals surface area contributed by atoms with Gasteiger partial charge in [0.15, 0.2) is 0 Å². The Labute approximate surface area is 130 Å². The molecule has 0 aliphatic heterocycles. The predicted octanol–water partition coefficient (Wildman–Crippen LogP) is 4.53. The van der Waals surface area contributed by atoms with Crippen molar-refractivity contribution in [2.75, 3.05) is 5.32 Å². The maximum Gasteiger partial charge on any atom is 0.255 e. The molecule has 0 unspecified atom stereocenters. The van der Waals surface area contributed by atoms with Crippen LogP contribution < -0.4 is 5.32 Å². The van der Waals surface area contributed by atoms with Crippen molar-refractivity contribution >= 4 is 39.1 Å². The molecule has 0 fully saturated rings. The maximum atomic E-state index is 12.2. The average Bonchev–Trinajstić information content (AvgIpc) is 2.37. The van der Waals surface area contributed by atoms with E-state index in [1.54, 1.807) is 36.4 Å². The third kappa shape index (κ3) is 3.38. The number of carbonyl (C=O) groups excluding carboxylic acids is 1. The number of halogens is 2. The van der Waals surface area contributed by atoms with Gasteiger partial charge in [0, 0.05) is 15.1 Å². The van der Waals surface area contributed by atoms with Crippen molar-refractivity contribution in [2.45, 2.75) is 6.92 Å². The van der Waals surface area contributed by atoms with Crippen molar-refractivity contribution < 1.29 is 4.79 Å². The number of anilines is 1. The number of nitrogens with zero attached hydrogens (tertiary/aromatic N) is 1. The minimum absolute atomic E-state index is 0.301. The molecule has 0 aliphatic carbocycles. The van der Waals surface area contributed by atoms with Crippen LogP contribution in [0.3, 0.4) is 0 Å². The number of aryl methyl sites for hydroxylation is 1. The van der Waals surface area contributed by atoms with Gasteiger partial charge in [-0.1, -0.05) is 27.5 Å². The molecule has 5 heteroatoms. The highest BCUT2D eigenvalue weighted by molar-refractivity contribution is 9.10. The van der Waals surface area contributed by atoms with Gasteiger partial charge in [0.2, 0.25) is 0 Å². The molecule has 0 heterocycles. The first-order chi connectivity index (χ1) is 9.49. The first-order valence-electron chi connectivity index (χ1n) is 5.78. The number of hydrogen-bond donors (Lipinski definition) is 1. The summed E-state index contributed by atoms with van der Waals surface area (Å²) in [5.41, 5.74) is 2.22. The van der Waals surface area contributed by atoms with Crippen LogP contribution in [-0.4, -0.2) is 5.91 Å². The van der Waals surface area contributed by atoms with E-state index in [1.807, 2.05) is 13.0 Å². The molecule has 0 spiro atoms. The van der Waals surface area contributed by atoms with Gasteiger partial charge < -0.3 is 5.32 Å². The molecule has 0 saturated heterocycles. The summed E-state index contributed by atoms with van der Waals surface area (Å²) in [6.07, 6.45) is 0. The van der Waals surface area contributed by atoms with Crippen molar-refractivity contribution in [3.8, 4) is 6.07 Å². The average molecular weight is 350 g/mol. The smallest absolute Gasteiger partial charge is 0.255 e. The van der Waals surface area contributed by atoms with Gasteiger partial charge in [-0.3, -0.25) is 4.79 Å². The van der Waals surface area contributed by atoms with Crippen molar-refractivity contribution in [2.24, 2.45) is 0 Å². The van der Waals surface area contributed by atoms with E-state index in [4.69, 9.17) is 16.9 Å². The number of amides is 1. The number of nitriles is 1. The lowest BCUT2D eigenvalue weighted by Crippen LogP contribution is -2.13. The number of benzene rings is 2. The van der Waals surface area contributed by atoms with Gasteiger partial charge in [-0.15, -0.1) is 0 Å². The Hall–Kier alpha value is -1.83. The van der Waals surface area contributed by atoms with Crippen LogP contribution in [0.15, 0.2) is 40.9 Å². The zero-order valence-electron chi connectivity index (χ0n) is 10.6. The molecular weight excluding hydrogens is 340 g/mol. The lowest BCUT2D eigenvalue weighted by Gasteiger charge is -2.08. The maximum absolute atomic E-state index is 12.2. The molecule has 0 saturated carbocycles. The van der Waals surface area contributed by atoms with Crippen LogP contribution in [0.2, 0.25) is 5.02 Å². The molecule has 0 bridgehead atoms. The Morgan fingerprint density at radius 2 is 2.05 bits per heavy atom. The van der Waals surface area contributed by atoms with Crippen molar-refractivity contribution in [1.29, 1.82) is 5.26 Å². The van der Waals surface area contributed by atoms with Crippen LogP contribution in [0.1, 0.15) is 21.5 Å². The Bertz CT molecular complexity index is 702. The van der Waals surface area contributed by atoms with Gasteiger partial charge in [0.05, 0.1) is 11.3 Å². The van der Waals surface area contributed by atoms with Gasteiger partial charge in [0.25, 0.3) is 5.91 Å². The highest BCUT2D eigenvalue weighted by Crippen LogP contribution is 2.22. The molecule has 0 aromatic heterocycles. The van der Waals surface area contributed by atoms with E-state index in [2.05, 4.69) is 21.2 Å². The van der Waals surface area contributed by atoms with Crippen molar-refractivity contribution in [3.05, 3.63) is 62.6 Å². The fourth-order valence-electron chi connectivity index (χ4n) is 1.78. The monoisotopic (exact) mass is 348 g/mol. The van der Waals surface area contributed by atoms with Gasteiger partial charge in [-0.25, -0.2) is 0 Å². The second-order valence-electron chi connectivity index (χ2n) is 4.27. The van der Waals surface area contributed by atoms with E-state index in [1.165, 1.54) is 0 Å². The minimum Gasteiger partial charge on any atom is -0.321 e. The van der Waals surface area contributed by atoms with Gasteiger partial charge >= 0.3 is 0 Å². The van der Waals surface area contributed by atoms with E-state index in [-0.39, 0.29) is 5.91 Å². The highest BCUT2D eigenvalue weighted by Gasteiger charge is 2.10. The topological polar surface area (TPSA) is 52.9 Å². The summed E-state index contributed by atoms with van der Waals surface area (Å²) in [5.74, 6) is -0.301. The normalized spacial score (nSPS) is 9.90. The summed E-state index contributed by atoms with van der Waals surface area (Å²) in [6, 6.07) is 12.2. The molecule has 0 radical (unpaired) electrons. The molecule has 1 amide bonds. The lowest BCUT2D eigenvalue weighted by atomic mass is 10.1. The quantitative estimate of drug-likeness (QED) is 0.865. The largest absolute Gasteiger partial charge is 0.321 e. The number of carbonyl (C=O) groups is 1. The Kier molecular flexibility index (Phi) is 4.43. The van der Waals surface area contributed by atoms with Crippen molar-refractivity contribution in [1.82, 2.24) is 0 Å². The first kappa shape index (κ1) is 14.6. The third-order valence-corrected chi connectivity index (χ3v) is 3.37. The molecule has 0 atom stereocenters. The molecule has 20 heavy (non-hydrogen) atoms. The predicted molar refractivity (Wildman–Crippen MR) is 83.0 cm³/mol. The summed E-state index contributed by atoms with van der Waals surface area (Å²) < 4.78 is 0.786. The molecule has 3 nitrogen and oxygen atoms in total. The summed E-state index contributed by atoms with van der Waals surface area (Å²) in [4.78, 5) is 12.2. The van der Waals surface area contributed by atoms with E-state index >= 15 is 0 Å². The van der Waals surface area contributed by atoms with Crippen LogP contribution in [0.4, 0.5) is 5.69 Å². The van der Waals surface area contributed by atoms with Crippen LogP contribution >= 0.6 is 27.5 Å². The summed E-state index contributed by atoms with van der Waals surface area (Å²) in [7, 11) is 0. The minimum atomic E-state index is -0.301. The number of hydrogen-bond acceptors (Lipinski definition) is 2. The van der Waals surface area contributed by atoms with Crippen LogP contribution in [0.25, 0.3) is 0 Å². The van der Waals surface area contributed by atoms with E-state index in [0.29, 0.717) is 21.8 Å². The summed E-state index contributed by atoms with van der Waals surface area (Å²) >= 11 is 9.25. The summed E-state index contributed by atoms with van der Waals surface area (Å²) in [6.45, 7) is 1.86. The Morgan fingerprint density at radius 1 is 1.30 bits per heavy atom. The fraction of sp³-hybridized carbons (Fsp3) is 0.0667. The van der Waals surface area contributed by atoms with E-state index < -0.39 is 0 Å². The van der Waals surface area contributed by atoms with Gasteiger partial charge in [-0.2, -0.15) is 5.26 Å². The zero-order valence-corrected chi connectivity index (χ0v) is 12.9. The van der Waals surface area contributed by atoms with E-state index in [9.17, 15) is 4.79 Å². The van der Waals surface area contributed by atoms with E-state index in [0.717, 1.165) is 10.0 Å². The van der Waals surface area contributed by atoms with Gasteiger partial charge in [-0.05, 0) is 48.9 Å². The second kappa shape index (κ2) is 6.08. The Morgan fingerprint density at radius 3 is 2.70 bits per heavy atom. The molecule has 2 aromatic rings. The van der Waals surface area contributed by atoms with Crippen LogP contribution in [0.5, 0.6) is 0 Å². The molecule has 1 N–H and O–H groups in total. The molecule has 0 aliphatic rings. The highest BCUT2D eigenvalue weighted by atomic mass is 79.9. The van der Waals surface area contributed by atoms with Gasteiger partial charge in [0.1, 0.15) is 6.07 Å².